The molecule has 1 N–H and O–H groups in total. The first-order valence-corrected chi connectivity index (χ1v) is 11.5. The minimum atomic E-state index is -0.112. The van der Waals surface area contributed by atoms with Gasteiger partial charge in [0, 0.05) is 27.9 Å². The minimum Gasteiger partial charge on any atom is -0.431 e. The van der Waals surface area contributed by atoms with Crippen molar-refractivity contribution in [3.8, 4) is 0 Å². The number of aromatic nitrogens is 1. The second-order valence-electron chi connectivity index (χ2n) is 7.18. The van der Waals surface area contributed by atoms with E-state index in [0.29, 0.717) is 39.5 Å². The lowest BCUT2D eigenvalue weighted by atomic mass is 10.1. The van der Waals surface area contributed by atoms with Crippen molar-refractivity contribution < 1.29 is 9.21 Å². The van der Waals surface area contributed by atoms with Crippen LogP contribution in [0.15, 0.2) is 70.3 Å². The Bertz CT molecular complexity index is 1220. The first-order chi connectivity index (χ1) is 15.0. The van der Waals surface area contributed by atoms with E-state index in [1.54, 1.807) is 12.1 Å². The lowest BCUT2D eigenvalue weighted by Gasteiger charge is -2.08. The van der Waals surface area contributed by atoms with E-state index < -0.39 is 0 Å². The summed E-state index contributed by atoms with van der Waals surface area (Å²) in [5.41, 5.74) is 5.48. The summed E-state index contributed by atoms with van der Waals surface area (Å²) >= 11 is 13.6. The van der Waals surface area contributed by atoms with Crippen molar-refractivity contribution in [2.24, 2.45) is 0 Å². The van der Waals surface area contributed by atoms with Crippen LogP contribution in [-0.2, 0) is 12.2 Å². The molecule has 4 aromatic rings. The number of nitrogens with one attached hydrogen (secondary N) is 1. The van der Waals surface area contributed by atoms with Crippen molar-refractivity contribution in [2.75, 3.05) is 6.54 Å². The van der Waals surface area contributed by atoms with Gasteiger partial charge in [0.1, 0.15) is 5.52 Å². The number of halogens is 2. The number of aryl methyl sites for hydroxylation is 1. The lowest BCUT2D eigenvalue weighted by molar-refractivity contribution is 0.0954. The van der Waals surface area contributed by atoms with Crippen LogP contribution in [0.2, 0.25) is 10.0 Å². The van der Waals surface area contributed by atoms with Gasteiger partial charge in [0.05, 0.1) is 0 Å². The van der Waals surface area contributed by atoms with Crippen LogP contribution < -0.4 is 5.32 Å². The number of hydrogen-bond donors (Lipinski definition) is 1. The summed E-state index contributed by atoms with van der Waals surface area (Å²) in [5.74, 6) is 0.599. The first kappa shape index (κ1) is 21.8. The number of carbonyl (C=O) groups is 1. The fourth-order valence-electron chi connectivity index (χ4n) is 3.11. The number of carbonyl (C=O) groups excluding carboxylic acids is 1. The number of rotatable bonds is 7. The number of amides is 1. The predicted octanol–water partition coefficient (Wildman–Crippen LogP) is 6.71. The molecular formula is C24H20Cl2N2O2S. The van der Waals surface area contributed by atoms with E-state index in [9.17, 15) is 4.79 Å². The number of oxazole rings is 1. The monoisotopic (exact) mass is 470 g/mol. The van der Waals surface area contributed by atoms with Crippen molar-refractivity contribution in [2.45, 2.75) is 24.3 Å². The Hall–Kier alpha value is -2.47. The van der Waals surface area contributed by atoms with Crippen LogP contribution in [0.5, 0.6) is 0 Å². The number of fused-ring (bicyclic) bond motifs is 1. The fourth-order valence-corrected chi connectivity index (χ4v) is 4.41. The third-order valence-corrected chi connectivity index (χ3v) is 6.28. The van der Waals surface area contributed by atoms with E-state index in [0.717, 1.165) is 27.8 Å². The van der Waals surface area contributed by atoms with E-state index in [1.165, 1.54) is 11.8 Å². The average molecular weight is 471 g/mol. The Morgan fingerprint density at radius 1 is 1.06 bits per heavy atom. The van der Waals surface area contributed by atoms with Crippen LogP contribution in [0.25, 0.3) is 11.1 Å². The molecule has 0 atom stereocenters. The van der Waals surface area contributed by atoms with Gasteiger partial charge >= 0.3 is 0 Å². The minimum absolute atomic E-state index is 0.112. The third kappa shape index (κ3) is 5.62. The number of benzene rings is 3. The highest BCUT2D eigenvalue weighted by Crippen LogP contribution is 2.27. The molecule has 1 heterocycles. The molecule has 4 rings (SSSR count). The second-order valence-corrected chi connectivity index (χ2v) is 8.95. The standard InChI is InChI=1S/C24H20Cl2N2O2S/c1-15-2-9-22-21(12-15)28-24(30-22)31-14-16-3-5-18(6-4-16)23(29)27-11-10-17-7-8-19(25)13-20(17)26/h2-9,12-13H,10-11,14H2,1H3,(H,27,29). The van der Waals surface area contributed by atoms with Gasteiger partial charge < -0.3 is 9.73 Å². The summed E-state index contributed by atoms with van der Waals surface area (Å²) in [6.45, 7) is 2.53. The van der Waals surface area contributed by atoms with Gasteiger partial charge in [-0.2, -0.15) is 0 Å². The maximum absolute atomic E-state index is 12.4. The van der Waals surface area contributed by atoms with Gasteiger partial charge in [-0.3, -0.25) is 4.79 Å². The molecule has 0 radical (unpaired) electrons. The van der Waals surface area contributed by atoms with Crippen LogP contribution in [0, 0.1) is 6.92 Å². The Kier molecular flexibility index (Phi) is 6.86. The van der Waals surface area contributed by atoms with Crippen LogP contribution >= 0.6 is 35.0 Å². The molecule has 0 saturated carbocycles. The highest BCUT2D eigenvalue weighted by molar-refractivity contribution is 7.98. The summed E-state index contributed by atoms with van der Waals surface area (Å²) in [4.78, 5) is 16.9. The maximum Gasteiger partial charge on any atom is 0.257 e. The number of thioether (sulfide) groups is 1. The molecule has 0 bridgehead atoms. The van der Waals surface area contributed by atoms with Crippen LogP contribution in [0.4, 0.5) is 0 Å². The number of hydrogen-bond acceptors (Lipinski definition) is 4. The van der Waals surface area contributed by atoms with Crippen LogP contribution in [-0.4, -0.2) is 17.4 Å². The highest BCUT2D eigenvalue weighted by atomic mass is 35.5. The highest BCUT2D eigenvalue weighted by Gasteiger charge is 2.09. The van der Waals surface area contributed by atoms with Gasteiger partial charge in [-0.15, -0.1) is 0 Å². The Morgan fingerprint density at radius 3 is 2.65 bits per heavy atom. The SMILES string of the molecule is Cc1ccc2oc(SCc3ccc(C(=O)NCCc4ccc(Cl)cc4Cl)cc3)nc2c1. The van der Waals surface area contributed by atoms with E-state index in [-0.39, 0.29) is 5.91 Å². The molecule has 158 valence electrons. The van der Waals surface area contributed by atoms with E-state index in [4.69, 9.17) is 27.6 Å². The first-order valence-electron chi connectivity index (χ1n) is 9.79. The van der Waals surface area contributed by atoms with Gasteiger partial charge in [-0.05, 0) is 66.4 Å². The summed E-state index contributed by atoms with van der Waals surface area (Å²) in [7, 11) is 0. The molecule has 4 nitrogen and oxygen atoms in total. The molecule has 0 aliphatic heterocycles. The Morgan fingerprint density at radius 2 is 1.87 bits per heavy atom. The zero-order valence-electron chi connectivity index (χ0n) is 16.8. The topological polar surface area (TPSA) is 55.1 Å². The molecule has 0 aliphatic carbocycles. The van der Waals surface area contributed by atoms with Gasteiger partial charge in [-0.1, -0.05) is 59.2 Å². The smallest absolute Gasteiger partial charge is 0.257 e. The Labute approximate surface area is 195 Å². The van der Waals surface area contributed by atoms with Crippen LogP contribution in [0.1, 0.15) is 27.0 Å². The van der Waals surface area contributed by atoms with E-state index in [2.05, 4.69) is 10.3 Å². The molecule has 1 aromatic heterocycles. The quantitative estimate of drug-likeness (QED) is 0.305. The van der Waals surface area contributed by atoms with Crippen molar-refractivity contribution in [3.63, 3.8) is 0 Å². The average Bonchev–Trinajstić information content (AvgIpc) is 3.16. The molecule has 31 heavy (non-hydrogen) atoms. The third-order valence-electron chi connectivity index (χ3n) is 4.80. The van der Waals surface area contributed by atoms with Gasteiger partial charge in [0.25, 0.3) is 11.1 Å². The summed E-state index contributed by atoms with van der Waals surface area (Å²) in [6, 6.07) is 18.9. The van der Waals surface area contributed by atoms with Crippen molar-refractivity contribution in [3.05, 3.63) is 93.0 Å². The molecule has 7 heteroatoms. The summed E-state index contributed by atoms with van der Waals surface area (Å²) in [5, 5.41) is 4.78. The van der Waals surface area contributed by atoms with Crippen molar-refractivity contribution >= 4 is 52.0 Å². The molecule has 0 saturated heterocycles. The molecule has 1 amide bonds. The Balaban J connectivity index is 1.29. The second kappa shape index (κ2) is 9.77. The molecule has 0 aliphatic rings. The zero-order chi connectivity index (χ0) is 21.8. The molecule has 0 unspecified atom stereocenters. The number of nitrogens with zero attached hydrogens (tertiary/aromatic N) is 1. The van der Waals surface area contributed by atoms with Crippen molar-refractivity contribution in [1.82, 2.24) is 10.3 Å². The predicted molar refractivity (Wildman–Crippen MR) is 127 cm³/mol. The van der Waals surface area contributed by atoms with E-state index in [1.807, 2.05) is 55.5 Å². The van der Waals surface area contributed by atoms with Gasteiger partial charge in [0.15, 0.2) is 5.58 Å². The molecular weight excluding hydrogens is 451 g/mol. The fraction of sp³-hybridized carbons (Fsp3) is 0.167. The van der Waals surface area contributed by atoms with E-state index >= 15 is 0 Å². The normalized spacial score (nSPS) is 11.1. The lowest BCUT2D eigenvalue weighted by Crippen LogP contribution is -2.25. The van der Waals surface area contributed by atoms with Gasteiger partial charge in [-0.25, -0.2) is 4.98 Å². The van der Waals surface area contributed by atoms with Crippen LogP contribution in [0.3, 0.4) is 0 Å². The molecule has 0 spiro atoms. The maximum atomic E-state index is 12.4. The largest absolute Gasteiger partial charge is 0.431 e. The van der Waals surface area contributed by atoms with Crippen molar-refractivity contribution in [1.29, 1.82) is 0 Å². The molecule has 0 fully saturated rings. The summed E-state index contributed by atoms with van der Waals surface area (Å²) < 4.78 is 5.77. The zero-order valence-corrected chi connectivity index (χ0v) is 19.2. The van der Waals surface area contributed by atoms with Gasteiger partial charge in [0.2, 0.25) is 0 Å². The summed E-state index contributed by atoms with van der Waals surface area (Å²) in [6.07, 6.45) is 0.639. The molecule has 3 aromatic carbocycles.